The van der Waals surface area contributed by atoms with Crippen LogP contribution in [0, 0.1) is 17.8 Å². The number of carbonyl (C=O) groups excluding carboxylic acids is 1. The van der Waals surface area contributed by atoms with Crippen molar-refractivity contribution in [3.05, 3.63) is 23.8 Å². The van der Waals surface area contributed by atoms with E-state index in [1.165, 1.54) is 0 Å². The average molecular weight is 538 g/mol. The molecular weight excluding hydrogens is 490 g/mol. The second kappa shape index (κ2) is 14.6. The van der Waals surface area contributed by atoms with Crippen LogP contribution in [-0.2, 0) is 25.4 Å². The van der Waals surface area contributed by atoms with Gasteiger partial charge in [-0.1, -0.05) is 19.9 Å². The van der Waals surface area contributed by atoms with Crippen LogP contribution in [0.1, 0.15) is 66.4 Å². The third-order valence-corrected chi connectivity index (χ3v) is 6.89. The molecule has 1 heterocycles. The summed E-state index contributed by atoms with van der Waals surface area (Å²) in [6.45, 7) is 12.6. The van der Waals surface area contributed by atoms with Gasteiger partial charge in [0.2, 0.25) is 0 Å². The molecule has 0 radical (unpaired) electrons. The molecule has 0 saturated carbocycles. The van der Waals surface area contributed by atoms with E-state index in [1.54, 1.807) is 21.1 Å². The predicted molar refractivity (Wildman–Crippen MR) is 145 cm³/mol. The van der Waals surface area contributed by atoms with Crippen LogP contribution in [0.5, 0.6) is 11.5 Å². The molecule has 0 aromatic heterocycles. The molecule has 1 aromatic carbocycles. The minimum atomic E-state index is -0.882. The number of benzene rings is 1. The van der Waals surface area contributed by atoms with Gasteiger partial charge in [-0.2, -0.15) is 0 Å². The third kappa shape index (κ3) is 9.98. The molecule has 1 amide bonds. The Morgan fingerprint density at radius 2 is 1.87 bits per heavy atom. The van der Waals surface area contributed by atoms with E-state index in [1.807, 2.05) is 39.0 Å². The number of carbonyl (C=O) groups is 2. The highest BCUT2D eigenvalue weighted by Gasteiger charge is 2.42. The van der Waals surface area contributed by atoms with Gasteiger partial charge in [-0.3, -0.25) is 4.79 Å². The molecule has 0 bridgehead atoms. The standard InChI is InChI=1S/C29H47NO8/c1-18(2)21(14-20-10-11-24(35-8)26(15-20)36-13-9-12-34-7)16-23(30-28(33)38-29(4,5)6)25-17-22(27(31)32)19(3)37-25/h10-11,15,18-19,21-23,25H,9,12-14,16-17H2,1-8H3,(H,30,33)(H,31,32)/t19?,21-,22-,23-,25-/m0/s1. The number of carboxylic acid groups (broad SMARTS) is 1. The Hall–Kier alpha value is -2.52. The minimum Gasteiger partial charge on any atom is -0.493 e. The topological polar surface area (TPSA) is 113 Å². The molecule has 9 heteroatoms. The highest BCUT2D eigenvalue weighted by molar-refractivity contribution is 5.71. The van der Waals surface area contributed by atoms with Crippen molar-refractivity contribution in [2.45, 2.75) is 91.1 Å². The van der Waals surface area contributed by atoms with Gasteiger partial charge in [0.05, 0.1) is 37.9 Å². The maximum Gasteiger partial charge on any atom is 0.407 e. The van der Waals surface area contributed by atoms with Gasteiger partial charge in [-0.15, -0.1) is 0 Å². The smallest absolute Gasteiger partial charge is 0.407 e. The van der Waals surface area contributed by atoms with E-state index < -0.39 is 41.8 Å². The summed E-state index contributed by atoms with van der Waals surface area (Å²) in [7, 11) is 3.28. The number of carboxylic acids is 1. The summed E-state index contributed by atoms with van der Waals surface area (Å²) >= 11 is 0. The molecular formula is C29H47NO8. The van der Waals surface area contributed by atoms with Crippen molar-refractivity contribution in [1.29, 1.82) is 0 Å². The molecule has 1 saturated heterocycles. The van der Waals surface area contributed by atoms with Crippen LogP contribution in [-0.4, -0.2) is 68.5 Å². The lowest BCUT2D eigenvalue weighted by Crippen LogP contribution is -2.47. The Morgan fingerprint density at radius 3 is 2.42 bits per heavy atom. The number of methoxy groups -OCH3 is 2. The number of rotatable bonds is 14. The molecule has 0 spiro atoms. The van der Waals surface area contributed by atoms with Crippen LogP contribution in [0.4, 0.5) is 4.79 Å². The highest BCUT2D eigenvalue weighted by Crippen LogP contribution is 2.34. The van der Waals surface area contributed by atoms with Gasteiger partial charge in [-0.05, 0) is 76.5 Å². The number of aliphatic carboxylic acids is 1. The first kappa shape index (κ1) is 31.7. The Bertz CT molecular complexity index is 897. The van der Waals surface area contributed by atoms with Crippen molar-refractivity contribution in [2.75, 3.05) is 27.4 Å². The molecule has 5 atom stereocenters. The van der Waals surface area contributed by atoms with Crippen molar-refractivity contribution in [1.82, 2.24) is 5.32 Å². The Morgan fingerprint density at radius 1 is 1.16 bits per heavy atom. The molecule has 0 aliphatic carbocycles. The van der Waals surface area contributed by atoms with Crippen LogP contribution < -0.4 is 14.8 Å². The number of hydrogen-bond acceptors (Lipinski definition) is 7. The first-order valence-electron chi connectivity index (χ1n) is 13.5. The van der Waals surface area contributed by atoms with Gasteiger partial charge in [0.15, 0.2) is 11.5 Å². The zero-order valence-electron chi connectivity index (χ0n) is 24.2. The van der Waals surface area contributed by atoms with Crippen LogP contribution in [0.25, 0.3) is 0 Å². The average Bonchev–Trinajstić information content (AvgIpc) is 3.21. The fourth-order valence-electron chi connectivity index (χ4n) is 4.76. The molecule has 1 fully saturated rings. The molecule has 1 aromatic rings. The number of ether oxygens (including phenoxy) is 5. The lowest BCUT2D eigenvalue weighted by molar-refractivity contribution is -0.143. The Balaban J connectivity index is 2.23. The molecule has 1 unspecified atom stereocenters. The Labute approximate surface area is 227 Å². The molecule has 9 nitrogen and oxygen atoms in total. The minimum absolute atomic E-state index is 0.174. The molecule has 216 valence electrons. The zero-order valence-corrected chi connectivity index (χ0v) is 24.2. The van der Waals surface area contributed by atoms with E-state index in [2.05, 4.69) is 19.2 Å². The molecule has 2 N–H and O–H groups in total. The van der Waals surface area contributed by atoms with Gasteiger partial charge in [0.25, 0.3) is 0 Å². The lowest BCUT2D eigenvalue weighted by atomic mass is 9.82. The molecule has 2 rings (SSSR count). The van der Waals surface area contributed by atoms with E-state index in [9.17, 15) is 14.7 Å². The zero-order chi connectivity index (χ0) is 28.5. The number of alkyl carbamates (subject to hydrolysis) is 1. The normalized spacial score (nSPS) is 21.1. The van der Waals surface area contributed by atoms with Crippen molar-refractivity contribution in [3.8, 4) is 11.5 Å². The monoisotopic (exact) mass is 537 g/mol. The maximum atomic E-state index is 12.7. The fourth-order valence-corrected chi connectivity index (χ4v) is 4.76. The van der Waals surface area contributed by atoms with Gasteiger partial charge < -0.3 is 34.1 Å². The van der Waals surface area contributed by atoms with Crippen molar-refractivity contribution >= 4 is 12.1 Å². The summed E-state index contributed by atoms with van der Waals surface area (Å²) in [4.78, 5) is 24.5. The van der Waals surface area contributed by atoms with E-state index >= 15 is 0 Å². The number of nitrogens with one attached hydrogen (secondary N) is 1. The van der Waals surface area contributed by atoms with Crippen molar-refractivity contribution in [2.24, 2.45) is 17.8 Å². The quantitative estimate of drug-likeness (QED) is 0.316. The first-order valence-corrected chi connectivity index (χ1v) is 13.5. The van der Waals surface area contributed by atoms with Gasteiger partial charge >= 0.3 is 12.1 Å². The fraction of sp³-hybridized carbons (Fsp3) is 0.724. The second-order valence-electron chi connectivity index (χ2n) is 11.4. The summed E-state index contributed by atoms with van der Waals surface area (Å²) in [5.41, 5.74) is 0.439. The highest BCUT2D eigenvalue weighted by atomic mass is 16.6. The van der Waals surface area contributed by atoms with Gasteiger partial charge in [0.1, 0.15) is 5.60 Å². The van der Waals surface area contributed by atoms with E-state index in [4.69, 9.17) is 23.7 Å². The van der Waals surface area contributed by atoms with E-state index in [0.29, 0.717) is 43.5 Å². The second-order valence-corrected chi connectivity index (χ2v) is 11.4. The summed E-state index contributed by atoms with van der Waals surface area (Å²) in [6.07, 6.45) is 1.07. The van der Waals surface area contributed by atoms with Crippen LogP contribution >= 0.6 is 0 Å². The molecule has 38 heavy (non-hydrogen) atoms. The van der Waals surface area contributed by atoms with Crippen LogP contribution in [0.15, 0.2) is 18.2 Å². The maximum absolute atomic E-state index is 12.7. The van der Waals surface area contributed by atoms with Crippen LogP contribution in [0.3, 0.4) is 0 Å². The summed E-state index contributed by atoms with van der Waals surface area (Å²) in [6, 6.07) is 5.55. The molecule has 1 aliphatic heterocycles. The van der Waals surface area contributed by atoms with E-state index in [0.717, 1.165) is 18.4 Å². The van der Waals surface area contributed by atoms with Crippen LogP contribution in [0.2, 0.25) is 0 Å². The summed E-state index contributed by atoms with van der Waals surface area (Å²) < 4.78 is 28.2. The lowest BCUT2D eigenvalue weighted by Gasteiger charge is -2.31. The number of hydrogen-bond donors (Lipinski definition) is 2. The van der Waals surface area contributed by atoms with Crippen molar-refractivity contribution in [3.63, 3.8) is 0 Å². The van der Waals surface area contributed by atoms with E-state index in [-0.39, 0.29) is 5.92 Å². The van der Waals surface area contributed by atoms with Gasteiger partial charge in [-0.25, -0.2) is 4.79 Å². The summed E-state index contributed by atoms with van der Waals surface area (Å²) in [5, 5.41) is 12.6. The largest absolute Gasteiger partial charge is 0.493 e. The SMILES string of the molecule is COCCCOc1cc(C[C@@H](C[C@H](NC(=O)OC(C)(C)C)[C@@H]2C[C@H](C(=O)O)C(C)O2)C(C)C)ccc1OC. The third-order valence-electron chi connectivity index (χ3n) is 6.89. The number of amides is 1. The molecule has 1 aliphatic rings. The van der Waals surface area contributed by atoms with Gasteiger partial charge in [0, 0.05) is 20.1 Å². The predicted octanol–water partition coefficient (Wildman–Crippen LogP) is 5.09. The summed E-state index contributed by atoms with van der Waals surface area (Å²) in [5.74, 6) is 0.328. The Kier molecular flexibility index (Phi) is 12.2. The van der Waals surface area contributed by atoms with Crippen molar-refractivity contribution < 1.29 is 38.4 Å². The first-order chi connectivity index (χ1) is 17.8.